The third-order valence-corrected chi connectivity index (χ3v) is 5.30. The molecule has 0 saturated heterocycles. The van der Waals surface area contributed by atoms with Gasteiger partial charge in [-0.3, -0.25) is 4.99 Å². The fraction of sp³-hybridized carbons (Fsp3) is 0.316. The van der Waals surface area contributed by atoms with Gasteiger partial charge in [-0.15, -0.1) is 0 Å². The first-order valence-electron chi connectivity index (χ1n) is 7.95. The molecule has 2 aromatic rings. The maximum Gasteiger partial charge on any atom is 0.127 e. The van der Waals surface area contributed by atoms with Crippen molar-refractivity contribution in [2.24, 2.45) is 4.99 Å². The van der Waals surface area contributed by atoms with Gasteiger partial charge in [0, 0.05) is 20.4 Å². The second-order valence-electron chi connectivity index (χ2n) is 6.00. The van der Waals surface area contributed by atoms with Gasteiger partial charge in [0.15, 0.2) is 0 Å². The molecule has 0 radical (unpaired) electrons. The lowest BCUT2D eigenvalue weighted by Crippen LogP contribution is -2.05. The second-order valence-corrected chi connectivity index (χ2v) is 7.68. The summed E-state index contributed by atoms with van der Waals surface area (Å²) in [5.41, 5.74) is 2.53. The summed E-state index contributed by atoms with van der Waals surface area (Å²) in [7, 11) is 0. The van der Waals surface area contributed by atoms with E-state index in [1.165, 1.54) is 22.8 Å². The molecule has 1 aliphatic rings. The molecule has 0 atom stereocenters. The average Bonchev–Trinajstić information content (AvgIpc) is 2.57. The second kappa shape index (κ2) is 7.67. The van der Waals surface area contributed by atoms with E-state index in [-0.39, 0.29) is 0 Å². The van der Waals surface area contributed by atoms with Crippen LogP contribution in [0.15, 0.2) is 41.4 Å². The van der Waals surface area contributed by atoms with Crippen LogP contribution < -0.4 is 0 Å². The van der Waals surface area contributed by atoms with Crippen molar-refractivity contribution < 1.29 is 5.11 Å². The summed E-state index contributed by atoms with van der Waals surface area (Å²) in [6.45, 7) is 0. The van der Waals surface area contributed by atoms with Crippen molar-refractivity contribution in [3.8, 4) is 5.75 Å². The quantitative estimate of drug-likeness (QED) is 0.433. The molecule has 3 rings (SSSR count). The zero-order valence-electron chi connectivity index (χ0n) is 12.8. The summed E-state index contributed by atoms with van der Waals surface area (Å²) in [4.78, 5) is 4.46. The van der Waals surface area contributed by atoms with E-state index in [2.05, 4.69) is 27.6 Å². The molecule has 0 aromatic heterocycles. The van der Waals surface area contributed by atoms with E-state index in [4.69, 9.17) is 11.6 Å². The molecule has 0 heterocycles. The number of phenolic OH excluding ortho intramolecular Hbond substituents is 1. The van der Waals surface area contributed by atoms with E-state index in [9.17, 15) is 5.11 Å². The number of rotatable bonds is 3. The van der Waals surface area contributed by atoms with Gasteiger partial charge in [-0.25, -0.2) is 0 Å². The highest BCUT2D eigenvalue weighted by molar-refractivity contribution is 14.1. The van der Waals surface area contributed by atoms with Crippen molar-refractivity contribution in [1.82, 2.24) is 0 Å². The van der Waals surface area contributed by atoms with E-state index in [1.54, 1.807) is 12.3 Å². The minimum atomic E-state index is 0.329. The number of benzene rings is 2. The molecule has 120 valence electrons. The number of aromatic hydroxyl groups is 1. The standard InChI is InChI=1S/C19H19ClINO/c20-15-10-14(12-22-17-8-6-16(21)7-9-17)19(23)18(11-15)13-4-2-1-3-5-13/h6-13,23H,1-5H2. The van der Waals surface area contributed by atoms with Crippen molar-refractivity contribution in [3.63, 3.8) is 0 Å². The Labute approximate surface area is 155 Å². The predicted octanol–water partition coefficient (Wildman–Crippen LogP) is 6.45. The zero-order chi connectivity index (χ0) is 16.2. The number of nitrogens with zero attached hydrogens (tertiary/aromatic N) is 1. The minimum absolute atomic E-state index is 0.329. The van der Waals surface area contributed by atoms with Crippen LogP contribution in [0.4, 0.5) is 5.69 Å². The van der Waals surface area contributed by atoms with Crippen LogP contribution in [0.2, 0.25) is 5.02 Å². The van der Waals surface area contributed by atoms with Gasteiger partial charge in [-0.2, -0.15) is 0 Å². The summed E-state index contributed by atoms with van der Waals surface area (Å²) >= 11 is 8.54. The molecular formula is C19H19ClINO. The Morgan fingerprint density at radius 3 is 2.48 bits per heavy atom. The highest BCUT2D eigenvalue weighted by atomic mass is 127. The first-order chi connectivity index (χ1) is 11.1. The van der Waals surface area contributed by atoms with Gasteiger partial charge < -0.3 is 5.11 Å². The molecule has 23 heavy (non-hydrogen) atoms. The number of hydrogen-bond acceptors (Lipinski definition) is 2. The SMILES string of the molecule is Oc1c(C=Nc2ccc(I)cc2)cc(Cl)cc1C1CCCCC1. The lowest BCUT2D eigenvalue weighted by atomic mass is 9.83. The summed E-state index contributed by atoms with van der Waals surface area (Å²) < 4.78 is 1.17. The van der Waals surface area contributed by atoms with Crippen molar-refractivity contribution in [2.75, 3.05) is 0 Å². The molecule has 0 amide bonds. The monoisotopic (exact) mass is 439 g/mol. The highest BCUT2D eigenvalue weighted by Crippen LogP contribution is 2.39. The van der Waals surface area contributed by atoms with E-state index < -0.39 is 0 Å². The van der Waals surface area contributed by atoms with E-state index in [1.807, 2.05) is 30.3 Å². The van der Waals surface area contributed by atoms with Gasteiger partial charge in [-0.05, 0) is 83.3 Å². The van der Waals surface area contributed by atoms with E-state index >= 15 is 0 Å². The Bertz CT molecular complexity index is 706. The summed E-state index contributed by atoms with van der Waals surface area (Å²) in [5, 5.41) is 11.3. The van der Waals surface area contributed by atoms with Crippen LogP contribution in [0.1, 0.15) is 49.1 Å². The number of phenols is 1. The zero-order valence-corrected chi connectivity index (χ0v) is 15.7. The van der Waals surface area contributed by atoms with Crippen LogP contribution in [-0.4, -0.2) is 11.3 Å². The van der Waals surface area contributed by atoms with E-state index in [0.717, 1.165) is 24.1 Å². The molecule has 0 unspecified atom stereocenters. The fourth-order valence-corrected chi connectivity index (χ4v) is 3.73. The third kappa shape index (κ3) is 4.27. The van der Waals surface area contributed by atoms with Crippen molar-refractivity contribution in [1.29, 1.82) is 0 Å². The minimum Gasteiger partial charge on any atom is -0.507 e. The molecule has 4 heteroatoms. The summed E-state index contributed by atoms with van der Waals surface area (Å²) in [6.07, 6.45) is 7.70. The van der Waals surface area contributed by atoms with Crippen molar-refractivity contribution in [3.05, 3.63) is 56.1 Å². The first-order valence-corrected chi connectivity index (χ1v) is 9.41. The van der Waals surface area contributed by atoms with Gasteiger partial charge >= 0.3 is 0 Å². The smallest absolute Gasteiger partial charge is 0.127 e. The van der Waals surface area contributed by atoms with Crippen molar-refractivity contribution >= 4 is 46.1 Å². The summed E-state index contributed by atoms with van der Waals surface area (Å²) in [5.74, 6) is 0.739. The molecule has 1 saturated carbocycles. The Balaban J connectivity index is 1.89. The third-order valence-electron chi connectivity index (χ3n) is 4.36. The maximum absolute atomic E-state index is 10.6. The molecule has 1 fully saturated rings. The lowest BCUT2D eigenvalue weighted by molar-refractivity contribution is 0.414. The van der Waals surface area contributed by atoms with Gasteiger partial charge in [0.05, 0.1) is 5.69 Å². The van der Waals surface area contributed by atoms with Crippen LogP contribution in [0.25, 0.3) is 0 Å². The van der Waals surface area contributed by atoms with E-state index in [0.29, 0.717) is 22.3 Å². The molecular weight excluding hydrogens is 421 g/mol. The topological polar surface area (TPSA) is 32.6 Å². The van der Waals surface area contributed by atoms with Gasteiger partial charge in [0.1, 0.15) is 5.75 Å². The molecule has 0 aliphatic heterocycles. The van der Waals surface area contributed by atoms with Crippen LogP contribution in [-0.2, 0) is 0 Å². The first kappa shape index (κ1) is 16.8. The molecule has 1 N–H and O–H groups in total. The normalized spacial score (nSPS) is 16.1. The molecule has 0 bridgehead atoms. The van der Waals surface area contributed by atoms with Gasteiger partial charge in [0.2, 0.25) is 0 Å². The fourth-order valence-electron chi connectivity index (χ4n) is 3.14. The van der Waals surface area contributed by atoms with Gasteiger partial charge in [-0.1, -0.05) is 30.9 Å². The molecule has 0 spiro atoms. The Morgan fingerprint density at radius 2 is 1.78 bits per heavy atom. The summed E-state index contributed by atoms with van der Waals surface area (Å²) in [6, 6.07) is 11.6. The predicted molar refractivity (Wildman–Crippen MR) is 105 cm³/mol. The van der Waals surface area contributed by atoms with Crippen molar-refractivity contribution in [2.45, 2.75) is 38.0 Å². The number of aliphatic imine (C=N–C) groups is 1. The number of hydrogen-bond donors (Lipinski definition) is 1. The highest BCUT2D eigenvalue weighted by Gasteiger charge is 2.20. The van der Waals surface area contributed by atoms with Crippen LogP contribution >= 0.6 is 34.2 Å². The Hall–Kier alpha value is -1.07. The Morgan fingerprint density at radius 1 is 1.09 bits per heavy atom. The lowest BCUT2D eigenvalue weighted by Gasteiger charge is -2.23. The average molecular weight is 440 g/mol. The Kier molecular flexibility index (Phi) is 5.59. The van der Waals surface area contributed by atoms with Crippen LogP contribution in [0, 0.1) is 3.57 Å². The maximum atomic E-state index is 10.6. The largest absolute Gasteiger partial charge is 0.507 e. The van der Waals surface area contributed by atoms with Crippen LogP contribution in [0.3, 0.4) is 0 Å². The molecule has 2 nitrogen and oxygen atoms in total. The van der Waals surface area contributed by atoms with Crippen LogP contribution in [0.5, 0.6) is 5.75 Å². The van der Waals surface area contributed by atoms with Gasteiger partial charge in [0.25, 0.3) is 0 Å². The molecule has 2 aromatic carbocycles. The molecule has 1 aliphatic carbocycles. The number of halogens is 2.